The summed E-state index contributed by atoms with van der Waals surface area (Å²) in [4.78, 5) is 15.5. The molecule has 41 heavy (non-hydrogen) atoms. The van der Waals surface area contributed by atoms with Gasteiger partial charge < -0.3 is 10.3 Å². The van der Waals surface area contributed by atoms with Crippen molar-refractivity contribution in [2.24, 2.45) is 0 Å². The Hall–Kier alpha value is -4.92. The summed E-state index contributed by atoms with van der Waals surface area (Å²) in [6.07, 6.45) is 7.43. The second-order valence-electron chi connectivity index (χ2n) is 9.89. The Morgan fingerprint density at radius 3 is 2.54 bits per heavy atom. The van der Waals surface area contributed by atoms with Crippen LogP contribution in [0.2, 0.25) is 0 Å². The van der Waals surface area contributed by atoms with Gasteiger partial charge in [0.2, 0.25) is 0 Å². The van der Waals surface area contributed by atoms with Crippen LogP contribution in [-0.2, 0) is 0 Å². The maximum absolute atomic E-state index is 5.60. The van der Waals surface area contributed by atoms with Gasteiger partial charge in [0, 0.05) is 49.6 Å². The fourth-order valence-electron chi connectivity index (χ4n) is 4.94. The Bertz CT molecular complexity index is 2080. The van der Waals surface area contributed by atoms with Crippen molar-refractivity contribution in [1.82, 2.24) is 25.1 Å². The second kappa shape index (κ2) is 10.2. The van der Waals surface area contributed by atoms with E-state index in [4.69, 9.17) is 12.2 Å². The first-order valence-electron chi connectivity index (χ1n) is 13.1. The van der Waals surface area contributed by atoms with Gasteiger partial charge in [0.15, 0.2) is 0 Å². The second-order valence-corrected chi connectivity index (χ2v) is 11.4. The monoisotopic (exact) mass is 568 g/mol. The molecule has 8 heteroatoms. The zero-order chi connectivity index (χ0) is 27.9. The standard InChI is InChI=1S/C33H24N6S2/c1-19(2)30-10-11-31(41-30)26-17-35-18-29-24(26)14-28(37-29)32-25-13-21(8-9-27(25)38-39-32)22-12-23(16-34-15-22)36-33(40)20-6-4-3-5-7-20/h3-18,37H,1H2,2H3,(H,36,40)(H,38,39). The summed E-state index contributed by atoms with van der Waals surface area (Å²) in [5.74, 6) is 0. The predicted octanol–water partition coefficient (Wildman–Crippen LogP) is 8.72. The van der Waals surface area contributed by atoms with Gasteiger partial charge >= 0.3 is 0 Å². The number of nitrogens with zero attached hydrogens (tertiary/aromatic N) is 3. The number of allylic oxidation sites excluding steroid dienone is 1. The van der Waals surface area contributed by atoms with E-state index in [1.54, 1.807) is 17.5 Å². The molecule has 0 saturated carbocycles. The number of benzene rings is 2. The molecule has 3 N–H and O–H groups in total. The van der Waals surface area contributed by atoms with Crippen molar-refractivity contribution in [3.05, 3.63) is 115 Å². The van der Waals surface area contributed by atoms with Gasteiger partial charge in [-0.2, -0.15) is 5.10 Å². The van der Waals surface area contributed by atoms with Crippen molar-refractivity contribution >= 4 is 61.6 Å². The first-order valence-corrected chi connectivity index (χ1v) is 14.3. The first-order chi connectivity index (χ1) is 20.0. The highest BCUT2D eigenvalue weighted by atomic mass is 32.1. The van der Waals surface area contributed by atoms with E-state index >= 15 is 0 Å². The Morgan fingerprint density at radius 2 is 1.71 bits per heavy atom. The van der Waals surface area contributed by atoms with Crippen molar-refractivity contribution in [2.75, 3.05) is 5.32 Å². The van der Waals surface area contributed by atoms with E-state index in [1.165, 1.54) is 4.88 Å². The molecule has 5 aromatic heterocycles. The lowest BCUT2D eigenvalue weighted by Crippen LogP contribution is -2.10. The minimum absolute atomic E-state index is 0.656. The average Bonchev–Trinajstić information content (AvgIpc) is 3.75. The fourth-order valence-corrected chi connectivity index (χ4v) is 6.15. The highest BCUT2D eigenvalue weighted by Gasteiger charge is 2.16. The highest BCUT2D eigenvalue weighted by molar-refractivity contribution is 7.81. The molecule has 0 radical (unpaired) electrons. The molecule has 0 unspecified atom stereocenters. The molecule has 7 rings (SSSR count). The van der Waals surface area contributed by atoms with Gasteiger partial charge in [0.1, 0.15) is 10.7 Å². The summed E-state index contributed by atoms with van der Waals surface area (Å²) in [6, 6.07) is 24.6. The Kier molecular flexibility index (Phi) is 6.26. The lowest BCUT2D eigenvalue weighted by molar-refractivity contribution is 1.12. The minimum atomic E-state index is 0.656. The quantitative estimate of drug-likeness (QED) is 0.175. The van der Waals surface area contributed by atoms with Crippen LogP contribution in [0.25, 0.3) is 60.3 Å². The molecule has 2 aromatic carbocycles. The van der Waals surface area contributed by atoms with Crippen molar-refractivity contribution in [1.29, 1.82) is 0 Å². The van der Waals surface area contributed by atoms with Crippen LogP contribution in [0.15, 0.2) is 104 Å². The molecule has 0 aliphatic rings. The number of hydrogen-bond donors (Lipinski definition) is 3. The fraction of sp³-hybridized carbons (Fsp3) is 0.0303. The molecule has 0 atom stereocenters. The lowest BCUT2D eigenvalue weighted by Gasteiger charge is -2.09. The molecule has 0 saturated heterocycles. The van der Waals surface area contributed by atoms with E-state index in [1.807, 2.05) is 55.8 Å². The van der Waals surface area contributed by atoms with Crippen LogP contribution in [0, 0.1) is 0 Å². The summed E-state index contributed by atoms with van der Waals surface area (Å²) in [5, 5.41) is 13.3. The predicted molar refractivity (Wildman–Crippen MR) is 174 cm³/mol. The van der Waals surface area contributed by atoms with Crippen LogP contribution in [0.1, 0.15) is 17.4 Å². The molecule has 7 aromatic rings. The van der Waals surface area contributed by atoms with Gasteiger partial charge in [-0.3, -0.25) is 15.1 Å². The molecular formula is C33H24N6S2. The van der Waals surface area contributed by atoms with E-state index in [2.05, 4.69) is 79.5 Å². The first kappa shape index (κ1) is 25.1. The van der Waals surface area contributed by atoms with Crippen molar-refractivity contribution < 1.29 is 0 Å². The van der Waals surface area contributed by atoms with Gasteiger partial charge in [0.05, 0.1) is 34.8 Å². The molecule has 6 nitrogen and oxygen atoms in total. The van der Waals surface area contributed by atoms with E-state index in [9.17, 15) is 0 Å². The molecule has 0 amide bonds. The number of aromatic amines is 2. The molecule has 0 aliphatic heterocycles. The van der Waals surface area contributed by atoms with E-state index < -0.39 is 0 Å². The Labute approximate surface area is 245 Å². The Balaban J connectivity index is 1.24. The van der Waals surface area contributed by atoms with Crippen LogP contribution in [0.3, 0.4) is 0 Å². The number of thiocarbonyl (C=S) groups is 1. The number of nitrogens with one attached hydrogen (secondary N) is 3. The van der Waals surface area contributed by atoms with Gasteiger partial charge in [-0.25, -0.2) is 0 Å². The third-order valence-electron chi connectivity index (χ3n) is 7.02. The largest absolute Gasteiger partial charge is 0.352 e. The number of hydrogen-bond acceptors (Lipinski definition) is 5. The van der Waals surface area contributed by atoms with Gasteiger partial charge in [-0.15, -0.1) is 11.3 Å². The average molecular weight is 569 g/mol. The van der Waals surface area contributed by atoms with Crippen molar-refractivity contribution in [3.8, 4) is 33.0 Å². The molecule has 0 fully saturated rings. The number of aromatic nitrogens is 5. The summed E-state index contributed by atoms with van der Waals surface area (Å²) in [6.45, 7) is 6.11. The molecule has 0 spiro atoms. The third-order valence-corrected chi connectivity index (χ3v) is 8.64. The zero-order valence-corrected chi connectivity index (χ0v) is 23.7. The van der Waals surface area contributed by atoms with Crippen LogP contribution >= 0.6 is 23.6 Å². The molecule has 198 valence electrons. The zero-order valence-electron chi connectivity index (χ0n) is 22.1. The molecular weight excluding hydrogens is 545 g/mol. The topological polar surface area (TPSA) is 82.3 Å². The van der Waals surface area contributed by atoms with Gasteiger partial charge in [-0.05, 0) is 54.5 Å². The molecule has 0 aliphatic carbocycles. The maximum Gasteiger partial charge on any atom is 0.116 e. The Morgan fingerprint density at radius 1 is 0.854 bits per heavy atom. The van der Waals surface area contributed by atoms with Gasteiger partial charge in [0.25, 0.3) is 0 Å². The van der Waals surface area contributed by atoms with Crippen LogP contribution in [0.4, 0.5) is 5.69 Å². The summed E-state index contributed by atoms with van der Waals surface area (Å²) in [7, 11) is 0. The maximum atomic E-state index is 5.60. The van der Waals surface area contributed by atoms with Crippen molar-refractivity contribution in [3.63, 3.8) is 0 Å². The number of rotatable bonds is 6. The summed E-state index contributed by atoms with van der Waals surface area (Å²) >= 11 is 7.33. The minimum Gasteiger partial charge on any atom is -0.352 e. The summed E-state index contributed by atoms with van der Waals surface area (Å²) in [5.41, 5.74) is 9.66. The number of anilines is 1. The summed E-state index contributed by atoms with van der Waals surface area (Å²) < 4.78 is 0. The third kappa shape index (κ3) is 4.73. The van der Waals surface area contributed by atoms with Crippen LogP contribution < -0.4 is 5.32 Å². The smallest absolute Gasteiger partial charge is 0.116 e. The van der Waals surface area contributed by atoms with Gasteiger partial charge in [-0.1, -0.05) is 55.2 Å². The number of pyridine rings is 2. The van der Waals surface area contributed by atoms with Crippen LogP contribution in [-0.4, -0.2) is 30.1 Å². The highest BCUT2D eigenvalue weighted by Crippen LogP contribution is 2.38. The van der Waals surface area contributed by atoms with E-state index in [0.717, 1.165) is 71.6 Å². The number of thiophene rings is 1. The SMILES string of the molecule is C=C(C)c1ccc(-c2cncc3[nH]c(-c4n[nH]c5ccc(-c6cncc(NC(=S)c7ccccc7)c6)cc45)cc23)s1. The lowest BCUT2D eigenvalue weighted by atomic mass is 10.0. The van der Waals surface area contributed by atoms with Crippen molar-refractivity contribution in [2.45, 2.75) is 6.92 Å². The van der Waals surface area contributed by atoms with E-state index in [0.29, 0.717) is 4.99 Å². The molecule has 5 heterocycles. The number of H-pyrrole nitrogens is 2. The van der Waals surface area contributed by atoms with Crippen LogP contribution in [0.5, 0.6) is 0 Å². The molecule has 0 bridgehead atoms. The van der Waals surface area contributed by atoms with E-state index in [-0.39, 0.29) is 0 Å². The normalized spacial score (nSPS) is 11.2. The number of fused-ring (bicyclic) bond motifs is 2.